The standard InChI is InChI=1S/C17H24O7/c1-8-12(20)6-13(21)17(3)5-4-10(11(7-18)16(22)23)15(14(8)17)24-9(2)19/h12-15,18,20-21H,1,4-7H2,2-3H3,(H,22,23)/b11-10+/t12-,13+,14+,15-,17-/m0/s1. The first-order valence-electron chi connectivity index (χ1n) is 7.91. The fourth-order valence-electron chi connectivity index (χ4n) is 4.03. The van der Waals surface area contributed by atoms with Crippen molar-refractivity contribution in [2.24, 2.45) is 11.3 Å². The number of esters is 1. The zero-order valence-corrected chi connectivity index (χ0v) is 13.9. The van der Waals surface area contributed by atoms with E-state index < -0.39 is 48.2 Å². The number of hydrogen-bond acceptors (Lipinski definition) is 6. The summed E-state index contributed by atoms with van der Waals surface area (Å²) in [5.41, 5.74) is -0.191. The minimum absolute atomic E-state index is 0.142. The third-order valence-electron chi connectivity index (χ3n) is 5.42. The second kappa shape index (κ2) is 6.66. The molecule has 4 N–H and O–H groups in total. The summed E-state index contributed by atoms with van der Waals surface area (Å²) >= 11 is 0. The van der Waals surface area contributed by atoms with E-state index in [1.807, 2.05) is 6.92 Å². The van der Waals surface area contributed by atoms with Crippen LogP contribution >= 0.6 is 0 Å². The molecule has 2 saturated carbocycles. The van der Waals surface area contributed by atoms with Crippen molar-refractivity contribution in [2.45, 2.75) is 51.4 Å². The molecule has 134 valence electrons. The molecule has 2 rings (SSSR count). The Hall–Kier alpha value is -1.70. The fraction of sp³-hybridized carbons (Fsp3) is 0.647. The highest BCUT2D eigenvalue weighted by atomic mass is 16.5. The summed E-state index contributed by atoms with van der Waals surface area (Å²) in [6.45, 7) is 6.24. The van der Waals surface area contributed by atoms with Gasteiger partial charge in [-0.15, -0.1) is 0 Å². The predicted molar refractivity (Wildman–Crippen MR) is 83.9 cm³/mol. The van der Waals surface area contributed by atoms with Gasteiger partial charge >= 0.3 is 11.9 Å². The van der Waals surface area contributed by atoms with Crippen molar-refractivity contribution in [1.82, 2.24) is 0 Å². The smallest absolute Gasteiger partial charge is 0.334 e. The number of carbonyl (C=O) groups excluding carboxylic acids is 1. The van der Waals surface area contributed by atoms with Gasteiger partial charge in [-0.3, -0.25) is 4.79 Å². The highest BCUT2D eigenvalue weighted by Crippen LogP contribution is 2.54. The molecule has 24 heavy (non-hydrogen) atoms. The number of carboxylic acid groups (broad SMARTS) is 1. The maximum atomic E-state index is 11.6. The van der Waals surface area contributed by atoms with Crippen molar-refractivity contribution >= 4 is 11.9 Å². The number of carbonyl (C=O) groups is 2. The average Bonchev–Trinajstić information content (AvgIpc) is 2.47. The van der Waals surface area contributed by atoms with Crippen molar-refractivity contribution in [3.8, 4) is 0 Å². The second-order valence-electron chi connectivity index (χ2n) is 6.82. The van der Waals surface area contributed by atoms with Gasteiger partial charge in [-0.05, 0) is 24.0 Å². The molecule has 2 aliphatic rings. The molecule has 0 amide bonds. The molecular weight excluding hydrogens is 316 g/mol. The van der Waals surface area contributed by atoms with Crippen LogP contribution in [0.4, 0.5) is 0 Å². The molecule has 2 fully saturated rings. The third kappa shape index (κ3) is 2.99. The van der Waals surface area contributed by atoms with E-state index in [0.717, 1.165) is 0 Å². The van der Waals surface area contributed by atoms with Crippen LogP contribution < -0.4 is 0 Å². The Morgan fingerprint density at radius 2 is 2.00 bits per heavy atom. The minimum Gasteiger partial charge on any atom is -0.478 e. The summed E-state index contributed by atoms with van der Waals surface area (Å²) in [6, 6.07) is 0. The summed E-state index contributed by atoms with van der Waals surface area (Å²) in [5, 5.41) is 39.4. The molecule has 0 heterocycles. The zero-order valence-electron chi connectivity index (χ0n) is 13.9. The van der Waals surface area contributed by atoms with Crippen LogP contribution in [0.25, 0.3) is 0 Å². The van der Waals surface area contributed by atoms with Gasteiger partial charge < -0.3 is 25.2 Å². The van der Waals surface area contributed by atoms with Crippen molar-refractivity contribution in [2.75, 3.05) is 6.61 Å². The van der Waals surface area contributed by atoms with Crippen LogP contribution in [0.5, 0.6) is 0 Å². The summed E-state index contributed by atoms with van der Waals surface area (Å²) in [7, 11) is 0. The molecule has 7 nitrogen and oxygen atoms in total. The van der Waals surface area contributed by atoms with E-state index in [9.17, 15) is 30.0 Å². The van der Waals surface area contributed by atoms with Crippen molar-refractivity contribution < 1.29 is 34.8 Å². The van der Waals surface area contributed by atoms with E-state index in [0.29, 0.717) is 17.6 Å². The predicted octanol–water partition coefficient (Wildman–Crippen LogP) is 0.390. The molecule has 0 unspecified atom stereocenters. The molecule has 0 aromatic heterocycles. The number of aliphatic hydroxyl groups is 3. The van der Waals surface area contributed by atoms with Crippen LogP contribution in [0.1, 0.15) is 33.1 Å². The Labute approximate surface area is 140 Å². The van der Waals surface area contributed by atoms with Crippen LogP contribution in [0.2, 0.25) is 0 Å². The van der Waals surface area contributed by atoms with E-state index >= 15 is 0 Å². The Bertz CT molecular complexity index is 594. The number of fused-ring (bicyclic) bond motifs is 1. The largest absolute Gasteiger partial charge is 0.478 e. The number of aliphatic carboxylic acids is 1. The van der Waals surface area contributed by atoms with Gasteiger partial charge in [0, 0.05) is 24.7 Å². The number of aliphatic hydroxyl groups excluding tert-OH is 3. The highest BCUT2D eigenvalue weighted by molar-refractivity contribution is 5.88. The number of rotatable bonds is 3. The lowest BCUT2D eigenvalue weighted by atomic mass is 9.54. The Balaban J connectivity index is 2.59. The lowest BCUT2D eigenvalue weighted by Crippen LogP contribution is -2.56. The van der Waals surface area contributed by atoms with Crippen molar-refractivity contribution in [3.63, 3.8) is 0 Å². The fourth-order valence-corrected chi connectivity index (χ4v) is 4.03. The summed E-state index contributed by atoms with van der Waals surface area (Å²) < 4.78 is 5.38. The van der Waals surface area contributed by atoms with Gasteiger partial charge in [-0.1, -0.05) is 13.5 Å². The topological polar surface area (TPSA) is 124 Å². The van der Waals surface area contributed by atoms with E-state index in [1.54, 1.807) is 0 Å². The second-order valence-corrected chi connectivity index (χ2v) is 6.82. The molecule has 5 atom stereocenters. The molecular formula is C17H24O7. The SMILES string of the molecule is C=C1[C@@H]2[C@@H](OC(C)=O)/C(=C(\CO)C(=O)O)CC[C@@]2(C)[C@H](O)C[C@@H]1O. The number of hydrogen-bond donors (Lipinski definition) is 4. The number of ether oxygens (including phenoxy) is 1. The van der Waals surface area contributed by atoms with Gasteiger partial charge in [0.1, 0.15) is 6.10 Å². The Morgan fingerprint density at radius 1 is 1.38 bits per heavy atom. The van der Waals surface area contributed by atoms with Crippen molar-refractivity contribution in [1.29, 1.82) is 0 Å². The maximum absolute atomic E-state index is 11.6. The first-order chi connectivity index (χ1) is 11.1. The molecule has 0 spiro atoms. The average molecular weight is 340 g/mol. The molecule has 2 aliphatic carbocycles. The normalized spacial score (nSPS) is 38.3. The molecule has 0 aromatic rings. The lowest BCUT2D eigenvalue weighted by Gasteiger charge is -2.54. The van der Waals surface area contributed by atoms with Crippen molar-refractivity contribution in [3.05, 3.63) is 23.3 Å². The number of carboxylic acids is 1. The highest BCUT2D eigenvalue weighted by Gasteiger charge is 2.55. The molecule has 7 heteroatoms. The van der Waals surface area contributed by atoms with Gasteiger partial charge in [0.15, 0.2) is 0 Å². The summed E-state index contributed by atoms with van der Waals surface area (Å²) in [5.74, 6) is -2.51. The molecule has 0 bridgehead atoms. The molecule has 0 aliphatic heterocycles. The minimum atomic E-state index is -1.28. The first-order valence-corrected chi connectivity index (χ1v) is 7.91. The van der Waals surface area contributed by atoms with Gasteiger partial charge in [-0.2, -0.15) is 0 Å². The van der Waals surface area contributed by atoms with E-state index in [4.69, 9.17) is 4.74 Å². The van der Waals surface area contributed by atoms with Gasteiger partial charge in [0.05, 0.1) is 24.4 Å². The maximum Gasteiger partial charge on any atom is 0.334 e. The van der Waals surface area contributed by atoms with Gasteiger partial charge in [0.2, 0.25) is 0 Å². The first kappa shape index (κ1) is 18.6. The van der Waals surface area contributed by atoms with Crippen LogP contribution in [-0.2, 0) is 14.3 Å². The molecule has 0 radical (unpaired) electrons. The van der Waals surface area contributed by atoms with Gasteiger partial charge in [-0.25, -0.2) is 4.79 Å². The Kier molecular flexibility index (Phi) is 5.17. The third-order valence-corrected chi connectivity index (χ3v) is 5.42. The summed E-state index contributed by atoms with van der Waals surface area (Å²) in [4.78, 5) is 23.0. The van der Waals surface area contributed by atoms with Crippen LogP contribution in [0.3, 0.4) is 0 Å². The lowest BCUT2D eigenvalue weighted by molar-refractivity contribution is -0.158. The Morgan fingerprint density at radius 3 is 2.50 bits per heavy atom. The molecule has 0 aromatic carbocycles. The zero-order chi connectivity index (χ0) is 18.2. The van der Waals surface area contributed by atoms with E-state index in [2.05, 4.69) is 6.58 Å². The van der Waals surface area contributed by atoms with Crippen LogP contribution in [0.15, 0.2) is 23.3 Å². The van der Waals surface area contributed by atoms with Crippen LogP contribution in [0, 0.1) is 11.3 Å². The quantitative estimate of drug-likeness (QED) is 0.333. The monoisotopic (exact) mass is 340 g/mol. The van der Waals surface area contributed by atoms with E-state index in [-0.39, 0.29) is 18.4 Å². The van der Waals surface area contributed by atoms with Gasteiger partial charge in [0.25, 0.3) is 0 Å². The van der Waals surface area contributed by atoms with E-state index in [1.165, 1.54) is 6.92 Å². The van der Waals surface area contributed by atoms with Crippen LogP contribution in [-0.4, -0.2) is 57.3 Å². The molecule has 0 saturated heterocycles. The summed E-state index contributed by atoms with van der Waals surface area (Å²) in [6.07, 6.45) is -1.91.